The molecule has 2 saturated heterocycles. The van der Waals surface area contributed by atoms with Gasteiger partial charge in [0, 0.05) is 25.8 Å². The maximum absolute atomic E-state index is 15.0. The minimum Gasteiger partial charge on any atom is -0.336 e. The van der Waals surface area contributed by atoms with Crippen molar-refractivity contribution in [1.82, 2.24) is 20.1 Å². The quantitative estimate of drug-likeness (QED) is 0.557. The predicted molar refractivity (Wildman–Crippen MR) is 137 cm³/mol. The molecule has 2 aliphatic heterocycles. The monoisotopic (exact) mass is 579 g/mol. The molecular formula is C25H24Cl2FN5O4S. The van der Waals surface area contributed by atoms with Crippen molar-refractivity contribution in [3.05, 3.63) is 58.1 Å². The number of sulfone groups is 1. The summed E-state index contributed by atoms with van der Waals surface area (Å²) in [6.45, 7) is -0.0662. The molecule has 2 aromatic rings. The van der Waals surface area contributed by atoms with Gasteiger partial charge in [0.25, 0.3) is 0 Å². The van der Waals surface area contributed by atoms with Gasteiger partial charge in [0.05, 0.1) is 32.0 Å². The minimum atomic E-state index is -4.05. The van der Waals surface area contributed by atoms with Crippen LogP contribution in [-0.2, 0) is 24.8 Å². The van der Waals surface area contributed by atoms with Gasteiger partial charge in [0.1, 0.15) is 22.8 Å². The Kier molecular flexibility index (Phi) is 6.67. The number of likely N-dealkylation sites (N-methyl/N-ethyl adjacent to an activating group) is 1. The minimum absolute atomic E-state index is 0.0317. The van der Waals surface area contributed by atoms with Crippen molar-refractivity contribution in [3.8, 4) is 6.07 Å². The zero-order valence-electron chi connectivity index (χ0n) is 20.3. The van der Waals surface area contributed by atoms with Crippen LogP contribution in [0.4, 0.5) is 4.39 Å². The number of rotatable bonds is 6. The average molecular weight is 580 g/mol. The summed E-state index contributed by atoms with van der Waals surface area (Å²) in [5.74, 6) is -1.99. The summed E-state index contributed by atoms with van der Waals surface area (Å²) in [4.78, 5) is 34.6. The van der Waals surface area contributed by atoms with Crippen molar-refractivity contribution in [2.45, 2.75) is 46.4 Å². The first-order valence-electron chi connectivity index (χ1n) is 12.0. The van der Waals surface area contributed by atoms with Crippen LogP contribution < -0.4 is 5.32 Å². The van der Waals surface area contributed by atoms with Gasteiger partial charge in [0.15, 0.2) is 9.84 Å². The van der Waals surface area contributed by atoms with E-state index in [1.54, 1.807) is 24.1 Å². The summed E-state index contributed by atoms with van der Waals surface area (Å²) in [7, 11) is -2.30. The number of aromatic nitrogens is 1. The third-order valence-electron chi connectivity index (χ3n) is 7.48. The first-order chi connectivity index (χ1) is 17.9. The second-order valence-corrected chi connectivity index (χ2v) is 13.3. The smallest absolute Gasteiger partial charge is 0.244 e. The summed E-state index contributed by atoms with van der Waals surface area (Å²) in [6.07, 6.45) is 1.98. The Morgan fingerprint density at radius 2 is 1.92 bits per heavy atom. The molecule has 38 heavy (non-hydrogen) atoms. The first kappa shape index (κ1) is 26.8. The SMILES string of the molecule is CN1CC(C(=O)N2CC(S(=O)(=O)c3ccccc3Cl)CC2C(=O)NC2(C#N)CC2)(c2ncc(Cl)cc2F)C1. The molecule has 2 atom stereocenters. The summed E-state index contributed by atoms with van der Waals surface area (Å²) < 4.78 is 42.2. The number of hydrogen-bond acceptors (Lipinski definition) is 7. The number of nitrogens with one attached hydrogen (secondary N) is 1. The van der Waals surface area contributed by atoms with Crippen LogP contribution in [0.2, 0.25) is 10.0 Å². The van der Waals surface area contributed by atoms with Gasteiger partial charge < -0.3 is 15.1 Å². The van der Waals surface area contributed by atoms with Crippen LogP contribution in [0.5, 0.6) is 0 Å². The van der Waals surface area contributed by atoms with Crippen molar-refractivity contribution in [2.24, 2.45) is 0 Å². The Morgan fingerprint density at radius 3 is 2.50 bits per heavy atom. The first-order valence-corrected chi connectivity index (χ1v) is 14.3. The van der Waals surface area contributed by atoms with Crippen LogP contribution in [0, 0.1) is 17.1 Å². The maximum atomic E-state index is 15.0. The molecule has 1 aromatic heterocycles. The highest BCUT2D eigenvalue weighted by molar-refractivity contribution is 7.92. The van der Waals surface area contributed by atoms with E-state index in [9.17, 15) is 23.3 Å². The molecule has 200 valence electrons. The van der Waals surface area contributed by atoms with Crippen LogP contribution >= 0.6 is 23.2 Å². The molecule has 13 heteroatoms. The summed E-state index contributed by atoms with van der Waals surface area (Å²) in [5, 5.41) is 11.1. The molecule has 2 amide bonds. The molecule has 0 spiro atoms. The highest BCUT2D eigenvalue weighted by Crippen LogP contribution is 2.41. The van der Waals surface area contributed by atoms with E-state index in [-0.39, 0.29) is 46.7 Å². The van der Waals surface area contributed by atoms with E-state index in [1.807, 2.05) is 0 Å². The van der Waals surface area contributed by atoms with Crippen LogP contribution in [0.25, 0.3) is 0 Å². The van der Waals surface area contributed by atoms with Crippen LogP contribution in [0.1, 0.15) is 25.0 Å². The second kappa shape index (κ2) is 9.45. The molecule has 3 aliphatic rings. The van der Waals surface area contributed by atoms with Gasteiger partial charge in [-0.1, -0.05) is 35.3 Å². The summed E-state index contributed by atoms with van der Waals surface area (Å²) in [6, 6.07) is 7.93. The molecule has 0 radical (unpaired) electrons. The third kappa shape index (κ3) is 4.43. The highest BCUT2D eigenvalue weighted by Gasteiger charge is 2.58. The fraction of sp³-hybridized carbons (Fsp3) is 0.440. The van der Waals surface area contributed by atoms with Gasteiger partial charge in [-0.05, 0) is 44.5 Å². The Morgan fingerprint density at radius 1 is 1.24 bits per heavy atom. The molecule has 3 fully saturated rings. The van der Waals surface area contributed by atoms with Gasteiger partial charge >= 0.3 is 0 Å². The van der Waals surface area contributed by atoms with Crippen molar-refractivity contribution in [2.75, 3.05) is 26.7 Å². The number of nitrogens with zero attached hydrogens (tertiary/aromatic N) is 4. The maximum Gasteiger partial charge on any atom is 0.244 e. The molecule has 1 N–H and O–H groups in total. The number of carbonyl (C=O) groups excluding carboxylic acids is 2. The van der Waals surface area contributed by atoms with E-state index in [1.165, 1.54) is 23.2 Å². The molecule has 1 aliphatic carbocycles. The molecule has 1 aromatic carbocycles. The second-order valence-electron chi connectivity index (χ2n) is 10.2. The number of hydrogen-bond donors (Lipinski definition) is 1. The van der Waals surface area contributed by atoms with E-state index < -0.39 is 49.7 Å². The van der Waals surface area contributed by atoms with E-state index in [4.69, 9.17) is 23.2 Å². The molecule has 3 heterocycles. The number of halogens is 3. The summed E-state index contributed by atoms with van der Waals surface area (Å²) in [5.41, 5.74) is -2.57. The lowest BCUT2D eigenvalue weighted by molar-refractivity contribution is -0.148. The highest BCUT2D eigenvalue weighted by atomic mass is 35.5. The van der Waals surface area contributed by atoms with Gasteiger partial charge in [-0.2, -0.15) is 5.26 Å². The third-order valence-corrected chi connectivity index (χ3v) is 10.3. The van der Waals surface area contributed by atoms with Crippen molar-refractivity contribution >= 4 is 44.9 Å². The predicted octanol–water partition coefficient (Wildman–Crippen LogP) is 2.33. The lowest BCUT2D eigenvalue weighted by atomic mass is 9.75. The zero-order chi connectivity index (χ0) is 27.5. The van der Waals surface area contributed by atoms with E-state index in [2.05, 4.69) is 16.4 Å². The van der Waals surface area contributed by atoms with Crippen molar-refractivity contribution in [3.63, 3.8) is 0 Å². The molecular weight excluding hydrogens is 556 g/mol. The van der Waals surface area contributed by atoms with Gasteiger partial charge in [-0.15, -0.1) is 0 Å². The Balaban J connectivity index is 1.53. The van der Waals surface area contributed by atoms with Crippen LogP contribution in [0.3, 0.4) is 0 Å². The fourth-order valence-corrected chi connectivity index (χ4v) is 7.72. The van der Waals surface area contributed by atoms with Gasteiger partial charge in [-0.25, -0.2) is 12.8 Å². The number of benzene rings is 1. The molecule has 9 nitrogen and oxygen atoms in total. The number of pyridine rings is 1. The number of likely N-dealkylation sites (tertiary alicyclic amines) is 2. The van der Waals surface area contributed by atoms with E-state index in [0.29, 0.717) is 12.8 Å². The van der Waals surface area contributed by atoms with Gasteiger partial charge in [0.2, 0.25) is 11.8 Å². The summed E-state index contributed by atoms with van der Waals surface area (Å²) >= 11 is 12.1. The topological polar surface area (TPSA) is 123 Å². The van der Waals surface area contributed by atoms with Gasteiger partial charge in [-0.3, -0.25) is 14.6 Å². The number of amides is 2. The van der Waals surface area contributed by atoms with E-state index in [0.717, 1.165) is 6.07 Å². The van der Waals surface area contributed by atoms with Crippen molar-refractivity contribution < 1.29 is 22.4 Å². The Bertz CT molecular complexity index is 1470. The lowest BCUT2D eigenvalue weighted by Crippen LogP contribution is -2.67. The van der Waals surface area contributed by atoms with Crippen LogP contribution in [-0.4, -0.2) is 78.5 Å². The molecule has 5 rings (SSSR count). The molecule has 1 saturated carbocycles. The van der Waals surface area contributed by atoms with Crippen LogP contribution in [0.15, 0.2) is 41.4 Å². The average Bonchev–Trinajstić information content (AvgIpc) is 3.46. The molecule has 2 unspecified atom stereocenters. The fourth-order valence-electron chi connectivity index (χ4n) is 5.36. The Labute approximate surface area is 229 Å². The normalized spacial score (nSPS) is 23.8. The number of carbonyl (C=O) groups is 2. The lowest BCUT2D eigenvalue weighted by Gasteiger charge is -2.48. The zero-order valence-corrected chi connectivity index (χ0v) is 22.7. The standard InChI is InChI=1S/C25H24Cl2FN5O4S/c1-32-13-25(14-32,21-18(28)8-15(26)10-30-21)23(35)33-11-16(38(36,37)20-5-3-2-4-17(20)27)9-19(33)22(34)31-24(12-29)6-7-24/h2-5,8,10,16,19H,6-7,9,11,13-14H2,1H3,(H,31,34). The largest absolute Gasteiger partial charge is 0.336 e. The molecule has 0 bridgehead atoms. The number of nitriles is 1. The van der Waals surface area contributed by atoms with Crippen molar-refractivity contribution in [1.29, 1.82) is 5.26 Å². The Hall–Kier alpha value is -2.78. The van der Waals surface area contributed by atoms with E-state index >= 15 is 4.39 Å².